The zero-order valence-electron chi connectivity index (χ0n) is 11.8. The molecule has 6 heteroatoms. The molecule has 0 bridgehead atoms. The highest BCUT2D eigenvalue weighted by atomic mass is 19.1. The Morgan fingerprint density at radius 2 is 2.09 bits per heavy atom. The molecule has 0 saturated heterocycles. The van der Waals surface area contributed by atoms with E-state index in [1.807, 2.05) is 12.1 Å². The average Bonchev–Trinajstić information content (AvgIpc) is 2.51. The fourth-order valence-corrected chi connectivity index (χ4v) is 2.10. The lowest BCUT2D eigenvalue weighted by Crippen LogP contribution is -2.05. The van der Waals surface area contributed by atoms with Crippen LogP contribution < -0.4 is 5.32 Å². The van der Waals surface area contributed by atoms with Crippen LogP contribution in [0.25, 0.3) is 0 Å². The van der Waals surface area contributed by atoms with Crippen molar-refractivity contribution in [2.75, 3.05) is 11.9 Å². The smallest absolute Gasteiger partial charge is 0.270 e. The summed E-state index contributed by atoms with van der Waals surface area (Å²) in [6.07, 6.45) is 1.46. The lowest BCUT2D eigenvalue weighted by atomic mass is 10.1. The molecule has 2 aromatic rings. The molecule has 1 N–H and O–H groups in total. The van der Waals surface area contributed by atoms with Crippen LogP contribution in [-0.4, -0.2) is 11.5 Å². The van der Waals surface area contributed by atoms with Crippen molar-refractivity contribution in [2.45, 2.75) is 12.8 Å². The number of non-ortho nitro benzene ring substituents is 1. The van der Waals surface area contributed by atoms with Crippen molar-refractivity contribution in [2.24, 2.45) is 0 Å². The highest BCUT2D eigenvalue weighted by molar-refractivity contribution is 5.61. The molecular formula is C16H14FN3O2. The van der Waals surface area contributed by atoms with E-state index >= 15 is 0 Å². The van der Waals surface area contributed by atoms with E-state index in [0.29, 0.717) is 18.7 Å². The quantitative estimate of drug-likeness (QED) is 0.501. The lowest BCUT2D eigenvalue weighted by Gasteiger charge is -2.08. The monoisotopic (exact) mass is 299 g/mol. The predicted octanol–water partition coefficient (Wildman–Crippen LogP) is 3.65. The van der Waals surface area contributed by atoms with Gasteiger partial charge in [0.25, 0.3) is 5.69 Å². The van der Waals surface area contributed by atoms with E-state index < -0.39 is 4.92 Å². The van der Waals surface area contributed by atoms with E-state index in [9.17, 15) is 14.5 Å². The first-order chi connectivity index (χ1) is 10.6. The van der Waals surface area contributed by atoms with Gasteiger partial charge in [-0.1, -0.05) is 12.1 Å². The molecule has 112 valence electrons. The summed E-state index contributed by atoms with van der Waals surface area (Å²) in [6.45, 7) is 0.586. The molecule has 0 heterocycles. The Labute approximate surface area is 127 Å². The summed E-state index contributed by atoms with van der Waals surface area (Å²) in [5.74, 6) is -0.257. The Hall–Kier alpha value is -2.94. The Balaban J connectivity index is 1.92. The summed E-state index contributed by atoms with van der Waals surface area (Å²) in [6, 6.07) is 12.5. The first-order valence-corrected chi connectivity index (χ1v) is 6.77. The van der Waals surface area contributed by atoms with Gasteiger partial charge >= 0.3 is 0 Å². The van der Waals surface area contributed by atoms with E-state index in [1.54, 1.807) is 6.07 Å². The number of hydrogen-bond donors (Lipinski definition) is 1. The fourth-order valence-electron chi connectivity index (χ4n) is 2.10. The van der Waals surface area contributed by atoms with E-state index in [-0.39, 0.29) is 17.1 Å². The number of nitrogens with zero attached hydrogens (tertiary/aromatic N) is 2. The SMILES string of the molecule is N#Cc1cc([N+](=O)[O-])ccc1NCCCc1cccc(F)c1. The van der Waals surface area contributed by atoms with Crippen molar-refractivity contribution in [1.82, 2.24) is 0 Å². The van der Waals surface area contributed by atoms with Gasteiger partial charge in [-0.2, -0.15) is 5.26 Å². The normalized spacial score (nSPS) is 10.0. The molecule has 0 amide bonds. The second kappa shape index (κ2) is 7.18. The second-order valence-electron chi connectivity index (χ2n) is 4.76. The molecule has 0 atom stereocenters. The summed E-state index contributed by atoms with van der Waals surface area (Å²) >= 11 is 0. The maximum atomic E-state index is 13.0. The fraction of sp³-hybridized carbons (Fsp3) is 0.188. The van der Waals surface area contributed by atoms with Crippen LogP contribution in [0.3, 0.4) is 0 Å². The van der Waals surface area contributed by atoms with E-state index in [1.165, 1.54) is 30.3 Å². The third-order valence-corrected chi connectivity index (χ3v) is 3.18. The van der Waals surface area contributed by atoms with Crippen molar-refractivity contribution in [3.05, 3.63) is 69.5 Å². The topological polar surface area (TPSA) is 79.0 Å². The molecule has 22 heavy (non-hydrogen) atoms. The van der Waals surface area contributed by atoms with Crippen LogP contribution in [0.2, 0.25) is 0 Å². The largest absolute Gasteiger partial charge is 0.384 e. The van der Waals surface area contributed by atoms with Crippen LogP contribution in [-0.2, 0) is 6.42 Å². The number of rotatable bonds is 6. The molecular weight excluding hydrogens is 285 g/mol. The van der Waals surface area contributed by atoms with Crippen LogP contribution in [0, 0.1) is 27.3 Å². The minimum absolute atomic E-state index is 0.109. The Bertz CT molecular complexity index is 726. The number of nitro benzene ring substituents is 1. The Morgan fingerprint density at radius 1 is 1.27 bits per heavy atom. The average molecular weight is 299 g/mol. The van der Waals surface area contributed by atoms with Gasteiger partial charge in [-0.05, 0) is 36.6 Å². The molecule has 0 saturated carbocycles. The van der Waals surface area contributed by atoms with Gasteiger partial charge in [0.1, 0.15) is 11.9 Å². The maximum absolute atomic E-state index is 13.0. The number of benzene rings is 2. The maximum Gasteiger partial charge on any atom is 0.270 e. The van der Waals surface area contributed by atoms with Crippen molar-refractivity contribution >= 4 is 11.4 Å². The van der Waals surface area contributed by atoms with Crippen LogP contribution in [0.15, 0.2) is 42.5 Å². The molecule has 2 aromatic carbocycles. The van der Waals surface area contributed by atoms with Gasteiger partial charge < -0.3 is 5.32 Å². The van der Waals surface area contributed by atoms with Crippen molar-refractivity contribution in [3.63, 3.8) is 0 Å². The second-order valence-corrected chi connectivity index (χ2v) is 4.76. The number of nitrogens with one attached hydrogen (secondary N) is 1. The summed E-state index contributed by atoms with van der Waals surface area (Å²) < 4.78 is 13.0. The van der Waals surface area contributed by atoms with Gasteiger partial charge in [0.05, 0.1) is 16.2 Å². The Morgan fingerprint density at radius 3 is 2.77 bits per heavy atom. The van der Waals surface area contributed by atoms with Crippen LogP contribution >= 0.6 is 0 Å². The summed E-state index contributed by atoms with van der Waals surface area (Å²) in [7, 11) is 0. The zero-order valence-corrected chi connectivity index (χ0v) is 11.8. The lowest BCUT2D eigenvalue weighted by molar-refractivity contribution is -0.384. The Kier molecular flexibility index (Phi) is 5.04. The third-order valence-electron chi connectivity index (χ3n) is 3.18. The molecule has 0 radical (unpaired) electrons. The minimum Gasteiger partial charge on any atom is -0.384 e. The zero-order chi connectivity index (χ0) is 15.9. The molecule has 0 aliphatic rings. The van der Waals surface area contributed by atoms with E-state index in [2.05, 4.69) is 5.32 Å². The third kappa shape index (κ3) is 4.03. The highest BCUT2D eigenvalue weighted by Crippen LogP contribution is 2.21. The van der Waals surface area contributed by atoms with Gasteiger partial charge in [0, 0.05) is 18.7 Å². The molecule has 0 fully saturated rings. The van der Waals surface area contributed by atoms with Crippen molar-refractivity contribution in [1.29, 1.82) is 5.26 Å². The van der Waals surface area contributed by atoms with Crippen molar-refractivity contribution < 1.29 is 9.31 Å². The van der Waals surface area contributed by atoms with E-state index in [0.717, 1.165) is 12.0 Å². The molecule has 0 aliphatic heterocycles. The van der Waals surface area contributed by atoms with Gasteiger partial charge in [0.15, 0.2) is 0 Å². The number of nitro groups is 1. The molecule has 5 nitrogen and oxygen atoms in total. The number of nitriles is 1. The number of halogens is 1. The standard InChI is InChI=1S/C16H14FN3O2/c17-14-5-1-3-12(9-14)4-2-8-19-16-7-6-15(20(21)22)10-13(16)11-18/h1,3,5-7,9-10,19H,2,4,8H2. The van der Waals surface area contributed by atoms with Crippen LogP contribution in [0.1, 0.15) is 17.5 Å². The highest BCUT2D eigenvalue weighted by Gasteiger charge is 2.10. The van der Waals surface area contributed by atoms with Crippen LogP contribution in [0.5, 0.6) is 0 Å². The first-order valence-electron chi connectivity index (χ1n) is 6.77. The van der Waals surface area contributed by atoms with Crippen LogP contribution in [0.4, 0.5) is 15.8 Å². The molecule has 0 spiro atoms. The number of anilines is 1. The molecule has 0 aliphatic carbocycles. The summed E-state index contributed by atoms with van der Waals surface area (Å²) in [5.41, 5.74) is 1.60. The van der Waals surface area contributed by atoms with Gasteiger partial charge in [-0.3, -0.25) is 10.1 Å². The summed E-state index contributed by atoms with van der Waals surface area (Å²) in [4.78, 5) is 10.1. The molecule has 2 rings (SSSR count). The van der Waals surface area contributed by atoms with Gasteiger partial charge in [-0.15, -0.1) is 0 Å². The molecule has 0 aromatic heterocycles. The molecule has 0 unspecified atom stereocenters. The number of aryl methyl sites for hydroxylation is 1. The number of hydrogen-bond acceptors (Lipinski definition) is 4. The van der Waals surface area contributed by atoms with E-state index in [4.69, 9.17) is 5.26 Å². The predicted molar refractivity (Wildman–Crippen MR) is 81.0 cm³/mol. The van der Waals surface area contributed by atoms with Crippen molar-refractivity contribution in [3.8, 4) is 6.07 Å². The van der Waals surface area contributed by atoms with Gasteiger partial charge in [-0.25, -0.2) is 4.39 Å². The minimum atomic E-state index is -0.533. The van der Waals surface area contributed by atoms with Gasteiger partial charge in [0.2, 0.25) is 0 Å². The summed E-state index contributed by atoms with van der Waals surface area (Å²) in [5, 5.41) is 22.8. The first kappa shape index (κ1) is 15.4.